The van der Waals surface area contributed by atoms with Gasteiger partial charge in [0.05, 0.1) is 0 Å². The van der Waals surface area contributed by atoms with E-state index in [4.69, 9.17) is 9.84 Å². The Morgan fingerprint density at radius 1 is 1.08 bits per heavy atom. The fourth-order valence-corrected chi connectivity index (χ4v) is 2.96. The highest BCUT2D eigenvalue weighted by molar-refractivity contribution is 7.99. The van der Waals surface area contributed by atoms with Gasteiger partial charge in [-0.2, -0.15) is 11.8 Å². The SMILES string of the molecule is CCC(=O)N(CCCCCC(=O)O)CCSCCNC(=O)OC(C)(C)C. The third-order valence-corrected chi connectivity index (χ3v) is 4.36. The number of carbonyl (C=O) groups is 3. The van der Waals surface area contributed by atoms with Crippen molar-refractivity contribution in [1.29, 1.82) is 0 Å². The number of carboxylic acids is 1. The first-order valence-electron chi connectivity index (χ1n) is 9.20. The number of amides is 2. The van der Waals surface area contributed by atoms with E-state index in [2.05, 4.69) is 5.32 Å². The average molecular weight is 391 g/mol. The average Bonchev–Trinajstić information content (AvgIpc) is 2.53. The van der Waals surface area contributed by atoms with Crippen LogP contribution in [0.3, 0.4) is 0 Å². The van der Waals surface area contributed by atoms with Crippen LogP contribution in [0.4, 0.5) is 4.79 Å². The number of unbranched alkanes of at least 4 members (excludes halogenated alkanes) is 2. The van der Waals surface area contributed by atoms with Crippen LogP contribution in [0.5, 0.6) is 0 Å². The predicted molar refractivity (Wildman–Crippen MR) is 105 cm³/mol. The summed E-state index contributed by atoms with van der Waals surface area (Å²) in [4.78, 5) is 35.8. The molecule has 0 unspecified atom stereocenters. The third kappa shape index (κ3) is 14.9. The van der Waals surface area contributed by atoms with Crippen molar-refractivity contribution in [2.45, 2.75) is 65.4 Å². The molecule has 0 spiro atoms. The van der Waals surface area contributed by atoms with Gasteiger partial charge >= 0.3 is 12.1 Å². The molecule has 0 saturated carbocycles. The minimum absolute atomic E-state index is 0.121. The van der Waals surface area contributed by atoms with Crippen molar-refractivity contribution < 1.29 is 24.2 Å². The number of thioether (sulfide) groups is 1. The normalized spacial score (nSPS) is 11.1. The first-order valence-corrected chi connectivity index (χ1v) is 10.4. The highest BCUT2D eigenvalue weighted by Crippen LogP contribution is 2.08. The summed E-state index contributed by atoms with van der Waals surface area (Å²) in [6, 6.07) is 0. The lowest BCUT2D eigenvalue weighted by molar-refractivity contribution is -0.137. The minimum atomic E-state index is -0.775. The fourth-order valence-electron chi connectivity index (χ4n) is 2.16. The zero-order chi connectivity index (χ0) is 20.0. The number of aliphatic carboxylic acids is 1. The Labute approximate surface area is 161 Å². The molecule has 0 aromatic rings. The summed E-state index contributed by atoms with van der Waals surface area (Å²) in [7, 11) is 0. The molecule has 0 radical (unpaired) electrons. The number of carboxylic acid groups (broad SMARTS) is 1. The molecule has 8 heteroatoms. The van der Waals surface area contributed by atoms with Gasteiger partial charge in [0.2, 0.25) is 5.91 Å². The maximum absolute atomic E-state index is 12.0. The molecule has 2 amide bonds. The monoisotopic (exact) mass is 390 g/mol. The molecule has 152 valence electrons. The van der Waals surface area contributed by atoms with Gasteiger partial charge < -0.3 is 20.1 Å². The van der Waals surface area contributed by atoms with E-state index in [1.54, 1.807) is 11.8 Å². The summed E-state index contributed by atoms with van der Waals surface area (Å²) in [5.74, 6) is 0.904. The van der Waals surface area contributed by atoms with Crippen LogP contribution in [0, 0.1) is 0 Å². The topological polar surface area (TPSA) is 95.9 Å². The van der Waals surface area contributed by atoms with Gasteiger partial charge in [0, 0.05) is 44.0 Å². The van der Waals surface area contributed by atoms with E-state index < -0.39 is 17.7 Å². The van der Waals surface area contributed by atoms with Gasteiger partial charge in [-0.05, 0) is 33.6 Å². The Hall–Kier alpha value is -1.44. The second-order valence-corrected chi connectivity index (χ2v) is 8.20. The van der Waals surface area contributed by atoms with Crippen LogP contribution in [-0.2, 0) is 14.3 Å². The Balaban J connectivity index is 3.88. The maximum atomic E-state index is 12.0. The lowest BCUT2D eigenvalue weighted by atomic mass is 10.2. The molecule has 0 fully saturated rings. The number of alkyl carbamates (subject to hydrolysis) is 1. The number of nitrogens with zero attached hydrogens (tertiary/aromatic N) is 1. The molecule has 0 aliphatic rings. The Morgan fingerprint density at radius 2 is 1.77 bits per heavy atom. The molecule has 0 aromatic carbocycles. The summed E-state index contributed by atoms with van der Waals surface area (Å²) in [6.07, 6.45) is 2.52. The van der Waals surface area contributed by atoms with Crippen LogP contribution in [0.25, 0.3) is 0 Å². The predicted octanol–water partition coefficient (Wildman–Crippen LogP) is 3.13. The van der Waals surface area contributed by atoms with Gasteiger partial charge in [0.15, 0.2) is 0 Å². The van der Waals surface area contributed by atoms with Gasteiger partial charge in [0.25, 0.3) is 0 Å². The zero-order valence-corrected chi connectivity index (χ0v) is 17.3. The van der Waals surface area contributed by atoms with Gasteiger partial charge in [-0.3, -0.25) is 9.59 Å². The van der Waals surface area contributed by atoms with E-state index in [0.717, 1.165) is 24.3 Å². The number of ether oxygens (including phenoxy) is 1. The van der Waals surface area contributed by atoms with Gasteiger partial charge in [0.1, 0.15) is 5.60 Å². The van der Waals surface area contributed by atoms with Crippen LogP contribution in [0.15, 0.2) is 0 Å². The van der Waals surface area contributed by atoms with Crippen LogP contribution >= 0.6 is 11.8 Å². The molecule has 0 aliphatic heterocycles. The highest BCUT2D eigenvalue weighted by atomic mass is 32.2. The summed E-state index contributed by atoms with van der Waals surface area (Å²) in [6.45, 7) is 9.17. The molecule has 26 heavy (non-hydrogen) atoms. The molecule has 2 N–H and O–H groups in total. The highest BCUT2D eigenvalue weighted by Gasteiger charge is 2.15. The molecule has 0 atom stereocenters. The lowest BCUT2D eigenvalue weighted by Crippen LogP contribution is -2.34. The van der Waals surface area contributed by atoms with Crippen molar-refractivity contribution in [2.24, 2.45) is 0 Å². The van der Waals surface area contributed by atoms with E-state index in [1.165, 1.54) is 0 Å². The number of hydrogen-bond acceptors (Lipinski definition) is 5. The Bertz CT molecular complexity index is 438. The van der Waals surface area contributed by atoms with Crippen molar-refractivity contribution in [3.63, 3.8) is 0 Å². The fraction of sp³-hybridized carbons (Fsp3) is 0.833. The summed E-state index contributed by atoms with van der Waals surface area (Å²) in [5, 5.41) is 11.3. The van der Waals surface area contributed by atoms with Gasteiger partial charge in [-0.25, -0.2) is 4.79 Å². The lowest BCUT2D eigenvalue weighted by Gasteiger charge is -2.22. The van der Waals surface area contributed by atoms with Gasteiger partial charge in [-0.15, -0.1) is 0 Å². The maximum Gasteiger partial charge on any atom is 0.407 e. The molecular formula is C18H34N2O5S. The quantitative estimate of drug-likeness (QED) is 0.469. The molecule has 0 bridgehead atoms. The van der Waals surface area contributed by atoms with Crippen LogP contribution in [0.2, 0.25) is 0 Å². The summed E-state index contributed by atoms with van der Waals surface area (Å²) in [5.41, 5.74) is -0.497. The van der Waals surface area contributed by atoms with E-state index in [9.17, 15) is 14.4 Å². The summed E-state index contributed by atoms with van der Waals surface area (Å²) >= 11 is 1.68. The molecule has 7 nitrogen and oxygen atoms in total. The summed E-state index contributed by atoms with van der Waals surface area (Å²) < 4.78 is 5.16. The molecule has 0 saturated heterocycles. The van der Waals surface area contributed by atoms with Crippen LogP contribution in [-0.4, -0.2) is 64.7 Å². The third-order valence-electron chi connectivity index (χ3n) is 3.39. The second kappa shape index (κ2) is 13.7. The van der Waals surface area contributed by atoms with Crippen molar-refractivity contribution in [3.05, 3.63) is 0 Å². The number of carbonyl (C=O) groups excluding carboxylic acids is 2. The number of rotatable bonds is 13. The Kier molecular flexibility index (Phi) is 13.0. The zero-order valence-electron chi connectivity index (χ0n) is 16.5. The van der Waals surface area contributed by atoms with Crippen LogP contribution in [0.1, 0.15) is 59.8 Å². The smallest absolute Gasteiger partial charge is 0.407 e. The van der Waals surface area contributed by atoms with Gasteiger partial charge in [-0.1, -0.05) is 13.3 Å². The second-order valence-electron chi connectivity index (χ2n) is 6.98. The van der Waals surface area contributed by atoms with E-state index in [-0.39, 0.29) is 12.3 Å². The van der Waals surface area contributed by atoms with Crippen molar-refractivity contribution in [2.75, 3.05) is 31.1 Å². The molecular weight excluding hydrogens is 356 g/mol. The largest absolute Gasteiger partial charge is 0.481 e. The van der Waals surface area contributed by atoms with Crippen molar-refractivity contribution in [1.82, 2.24) is 10.2 Å². The standard InChI is InChI=1S/C18H34N2O5S/c1-5-15(21)20(11-8-6-7-9-16(22)23)12-14-26-13-10-19-17(24)25-18(2,3)4/h5-14H2,1-4H3,(H,19,24)(H,22,23). The molecule has 0 rings (SSSR count). The van der Waals surface area contributed by atoms with Crippen molar-refractivity contribution in [3.8, 4) is 0 Å². The number of nitrogens with one attached hydrogen (secondary N) is 1. The molecule has 0 heterocycles. The number of hydrogen-bond donors (Lipinski definition) is 2. The van der Waals surface area contributed by atoms with Crippen molar-refractivity contribution >= 4 is 29.7 Å². The van der Waals surface area contributed by atoms with E-state index in [0.29, 0.717) is 32.5 Å². The Morgan fingerprint density at radius 3 is 2.35 bits per heavy atom. The molecule has 0 aromatic heterocycles. The minimum Gasteiger partial charge on any atom is -0.481 e. The van der Waals surface area contributed by atoms with E-state index in [1.807, 2.05) is 32.6 Å². The van der Waals surface area contributed by atoms with E-state index >= 15 is 0 Å². The first-order chi connectivity index (χ1) is 12.2. The molecule has 0 aliphatic carbocycles. The first kappa shape index (κ1) is 24.6. The van der Waals surface area contributed by atoms with Crippen LogP contribution < -0.4 is 5.32 Å².